The molecule has 0 heterocycles. The molecule has 6 nitrogen and oxygen atoms in total. The Hall–Kier alpha value is -5.23. The highest BCUT2D eigenvalue weighted by Gasteiger charge is 2.19. The fourth-order valence-corrected chi connectivity index (χ4v) is 5.68. The minimum Gasteiger partial charge on any atom is -0.462 e. The second kappa shape index (κ2) is 50.4. The van der Waals surface area contributed by atoms with Gasteiger partial charge in [0.05, 0.1) is 0 Å². The number of carbonyl (C=O) groups excluding carboxylic acids is 3. The third-order valence-corrected chi connectivity index (χ3v) is 9.24. The van der Waals surface area contributed by atoms with Crippen LogP contribution >= 0.6 is 0 Å². The van der Waals surface area contributed by atoms with E-state index in [9.17, 15) is 14.4 Å². The molecule has 0 aliphatic heterocycles. The molecule has 6 heteroatoms. The summed E-state index contributed by atoms with van der Waals surface area (Å²) >= 11 is 0. The van der Waals surface area contributed by atoms with Crippen LogP contribution in [-0.4, -0.2) is 37.2 Å². The summed E-state index contributed by atoms with van der Waals surface area (Å²) in [5, 5.41) is 0. The number of hydrogen-bond donors (Lipinski definition) is 0. The van der Waals surface area contributed by atoms with Crippen molar-refractivity contribution in [2.75, 3.05) is 13.2 Å². The molecule has 0 bridgehead atoms. The highest BCUT2D eigenvalue weighted by Crippen LogP contribution is 2.11. The van der Waals surface area contributed by atoms with E-state index in [4.69, 9.17) is 14.2 Å². The molecular formula is C58H84O6. The van der Waals surface area contributed by atoms with Gasteiger partial charge in [0, 0.05) is 19.3 Å². The average Bonchev–Trinajstić information content (AvgIpc) is 3.29. The minimum absolute atomic E-state index is 0.133. The number of allylic oxidation sites excluding steroid dienone is 28. The summed E-state index contributed by atoms with van der Waals surface area (Å²) in [7, 11) is 0. The molecule has 0 aromatic rings. The van der Waals surface area contributed by atoms with Crippen molar-refractivity contribution >= 4 is 17.9 Å². The van der Waals surface area contributed by atoms with Crippen molar-refractivity contribution in [3.05, 3.63) is 170 Å². The van der Waals surface area contributed by atoms with Crippen LogP contribution < -0.4 is 0 Å². The highest BCUT2D eigenvalue weighted by molar-refractivity contribution is 5.71. The zero-order chi connectivity index (χ0) is 46.5. The Morgan fingerprint density at radius 2 is 0.641 bits per heavy atom. The van der Waals surface area contributed by atoms with Gasteiger partial charge in [-0.2, -0.15) is 0 Å². The monoisotopic (exact) mass is 877 g/mol. The van der Waals surface area contributed by atoms with Crippen molar-refractivity contribution < 1.29 is 28.6 Å². The topological polar surface area (TPSA) is 78.9 Å². The Kier molecular flexibility index (Phi) is 46.3. The normalized spacial score (nSPS) is 13.6. The molecule has 0 radical (unpaired) electrons. The molecule has 0 amide bonds. The van der Waals surface area contributed by atoms with E-state index in [0.717, 1.165) is 103 Å². The Labute approximate surface area is 390 Å². The van der Waals surface area contributed by atoms with Crippen LogP contribution in [0, 0.1) is 0 Å². The van der Waals surface area contributed by atoms with Crippen molar-refractivity contribution in [1.82, 2.24) is 0 Å². The van der Waals surface area contributed by atoms with Gasteiger partial charge in [-0.15, -0.1) is 0 Å². The molecule has 0 spiro atoms. The van der Waals surface area contributed by atoms with Crippen molar-refractivity contribution in [2.45, 2.75) is 162 Å². The molecular weight excluding hydrogens is 793 g/mol. The lowest BCUT2D eigenvalue weighted by atomic mass is 10.1. The summed E-state index contributed by atoms with van der Waals surface area (Å²) in [5.41, 5.74) is 0. The van der Waals surface area contributed by atoms with Gasteiger partial charge in [0.25, 0.3) is 0 Å². The maximum Gasteiger partial charge on any atom is 0.306 e. The zero-order valence-electron chi connectivity index (χ0n) is 40.0. The molecule has 0 rings (SSSR count). The van der Waals surface area contributed by atoms with Gasteiger partial charge in [-0.1, -0.05) is 217 Å². The lowest BCUT2D eigenvalue weighted by Gasteiger charge is -2.18. The standard InChI is InChI=1S/C58H84O6/c1-4-7-10-13-16-19-22-25-27-28-29-30-31-34-36-39-42-45-48-51-57(60)63-54-55(53-62-56(59)50-47-44-41-38-35-32-24-21-18-15-12-9-6-3)64-58(61)52-49-46-43-40-37-33-26-23-20-17-14-11-8-5-2/h7-13,15-22,24-36,55H,4-6,14,23,37-54H2,1-3H3/b10-7-,11-8-,12-9-,16-13-,18-15-,20-17-,22-19-,24-21-,27-25-,29-28+,31-30-,33-26-,35-32-,36-34-. The Bertz CT molecular complexity index is 1570. The number of esters is 3. The van der Waals surface area contributed by atoms with Gasteiger partial charge in [0.2, 0.25) is 0 Å². The quantitative estimate of drug-likeness (QED) is 0.0201. The molecule has 1 unspecified atom stereocenters. The van der Waals surface area contributed by atoms with Crippen LogP contribution in [0.25, 0.3) is 0 Å². The summed E-state index contributed by atoms with van der Waals surface area (Å²) in [6, 6.07) is 0. The first-order valence-corrected chi connectivity index (χ1v) is 24.3. The maximum absolute atomic E-state index is 12.8. The number of hydrogen-bond acceptors (Lipinski definition) is 6. The molecule has 64 heavy (non-hydrogen) atoms. The van der Waals surface area contributed by atoms with Crippen LogP contribution in [0.3, 0.4) is 0 Å². The largest absolute Gasteiger partial charge is 0.462 e. The highest BCUT2D eigenvalue weighted by atomic mass is 16.6. The van der Waals surface area contributed by atoms with Crippen LogP contribution in [0.15, 0.2) is 170 Å². The van der Waals surface area contributed by atoms with Crippen molar-refractivity contribution in [1.29, 1.82) is 0 Å². The van der Waals surface area contributed by atoms with E-state index in [2.05, 4.69) is 81.5 Å². The number of ether oxygens (including phenoxy) is 3. The smallest absolute Gasteiger partial charge is 0.306 e. The summed E-state index contributed by atoms with van der Waals surface area (Å²) in [6.07, 6.45) is 74.7. The van der Waals surface area contributed by atoms with E-state index in [-0.39, 0.29) is 50.4 Å². The van der Waals surface area contributed by atoms with E-state index < -0.39 is 6.10 Å². The molecule has 0 N–H and O–H groups in total. The first-order chi connectivity index (χ1) is 31.5. The Balaban J connectivity index is 4.63. The number of carbonyl (C=O) groups is 3. The number of rotatable bonds is 40. The second-order valence-corrected chi connectivity index (χ2v) is 15.1. The van der Waals surface area contributed by atoms with Gasteiger partial charge < -0.3 is 14.2 Å². The molecule has 0 saturated heterocycles. The lowest BCUT2D eigenvalue weighted by molar-refractivity contribution is -0.167. The average molecular weight is 877 g/mol. The van der Waals surface area contributed by atoms with Crippen LogP contribution in [0.5, 0.6) is 0 Å². The molecule has 352 valence electrons. The summed E-state index contributed by atoms with van der Waals surface area (Å²) in [6.45, 7) is 6.10. The van der Waals surface area contributed by atoms with E-state index in [1.54, 1.807) is 0 Å². The Morgan fingerprint density at radius 3 is 1.06 bits per heavy atom. The van der Waals surface area contributed by atoms with Gasteiger partial charge in [-0.25, -0.2) is 0 Å². The van der Waals surface area contributed by atoms with Gasteiger partial charge in [-0.05, 0) is 89.9 Å². The van der Waals surface area contributed by atoms with Gasteiger partial charge in [-0.3, -0.25) is 14.4 Å². The van der Waals surface area contributed by atoms with Crippen LogP contribution in [0.1, 0.15) is 156 Å². The molecule has 0 aliphatic rings. The third-order valence-electron chi connectivity index (χ3n) is 9.24. The van der Waals surface area contributed by atoms with E-state index in [1.807, 2.05) is 109 Å². The molecule has 0 fully saturated rings. The molecule has 0 aromatic heterocycles. The second-order valence-electron chi connectivity index (χ2n) is 15.1. The first kappa shape index (κ1) is 58.8. The van der Waals surface area contributed by atoms with Crippen LogP contribution in [0.4, 0.5) is 0 Å². The fourth-order valence-electron chi connectivity index (χ4n) is 5.68. The molecule has 1 atom stereocenters. The summed E-state index contributed by atoms with van der Waals surface area (Å²) in [5.74, 6) is -1.06. The van der Waals surface area contributed by atoms with Gasteiger partial charge in [0.15, 0.2) is 6.10 Å². The predicted molar refractivity (Wildman–Crippen MR) is 274 cm³/mol. The first-order valence-electron chi connectivity index (χ1n) is 24.3. The molecule has 0 aliphatic carbocycles. The summed E-state index contributed by atoms with van der Waals surface area (Å²) < 4.78 is 16.7. The van der Waals surface area contributed by atoms with Gasteiger partial charge in [0.1, 0.15) is 13.2 Å². The minimum atomic E-state index is -0.834. The lowest BCUT2D eigenvalue weighted by Crippen LogP contribution is -2.30. The van der Waals surface area contributed by atoms with E-state index in [1.165, 1.54) is 0 Å². The van der Waals surface area contributed by atoms with Crippen LogP contribution in [-0.2, 0) is 28.6 Å². The zero-order valence-corrected chi connectivity index (χ0v) is 40.0. The Morgan fingerprint density at radius 1 is 0.328 bits per heavy atom. The van der Waals surface area contributed by atoms with Gasteiger partial charge >= 0.3 is 17.9 Å². The van der Waals surface area contributed by atoms with E-state index in [0.29, 0.717) is 12.8 Å². The maximum atomic E-state index is 12.8. The van der Waals surface area contributed by atoms with Crippen molar-refractivity contribution in [3.8, 4) is 0 Å². The van der Waals surface area contributed by atoms with Crippen LogP contribution in [0.2, 0.25) is 0 Å². The van der Waals surface area contributed by atoms with Crippen molar-refractivity contribution in [2.24, 2.45) is 0 Å². The SMILES string of the molecule is CC\C=C/C=C\C=C/C=C\C=C\C=C/C=C\CCCCCC(=O)OCC(COC(=O)CCCCC\C=C/C=C\C=C/C=C\CC)OC(=O)CCCCCC/C=C\C/C=C\C/C=C\CC. The number of unbranched alkanes of at least 4 members (excludes halogenated alkanes) is 10. The predicted octanol–water partition coefficient (Wildman–Crippen LogP) is 16.0. The third kappa shape index (κ3) is 47.8. The van der Waals surface area contributed by atoms with E-state index >= 15 is 0 Å². The fraction of sp³-hybridized carbons (Fsp3) is 0.466. The molecule has 0 saturated carbocycles. The molecule has 0 aromatic carbocycles. The van der Waals surface area contributed by atoms with Crippen molar-refractivity contribution in [3.63, 3.8) is 0 Å². The summed E-state index contributed by atoms with van der Waals surface area (Å²) in [4.78, 5) is 37.9.